The monoisotopic (exact) mass is 256 g/mol. The molecule has 1 unspecified atom stereocenters. The van der Waals surface area contributed by atoms with Gasteiger partial charge in [-0.15, -0.1) is 34.3 Å². The Kier molecular flexibility index (Phi) is 3.49. The summed E-state index contributed by atoms with van der Waals surface area (Å²) < 4.78 is 0. The Morgan fingerprint density at radius 1 is 1.33 bits per heavy atom. The fourth-order valence-corrected chi connectivity index (χ4v) is 4.01. The molecule has 0 saturated carbocycles. The maximum atomic E-state index is 6.49. The van der Waals surface area contributed by atoms with Crippen molar-refractivity contribution in [2.75, 3.05) is 0 Å². The normalized spacial score (nSPS) is 13.0. The summed E-state index contributed by atoms with van der Waals surface area (Å²) in [5, 5.41) is 2.17. The highest BCUT2D eigenvalue weighted by Gasteiger charge is 2.16. The van der Waals surface area contributed by atoms with Crippen molar-refractivity contribution in [3.63, 3.8) is 0 Å². The number of rotatable bonds is 3. The second-order valence-corrected chi connectivity index (χ2v) is 6.18. The molecule has 0 N–H and O–H groups in total. The Labute approximate surface area is 104 Å². The topological polar surface area (TPSA) is 0 Å². The van der Waals surface area contributed by atoms with E-state index in [-0.39, 0.29) is 5.38 Å². The minimum absolute atomic E-state index is 0.0404. The van der Waals surface area contributed by atoms with Gasteiger partial charge in [0.1, 0.15) is 5.38 Å². The molecule has 0 aliphatic rings. The molecule has 0 radical (unpaired) electrons. The van der Waals surface area contributed by atoms with Gasteiger partial charge in [-0.1, -0.05) is 6.92 Å². The molecule has 2 heterocycles. The smallest absolute Gasteiger partial charge is 0.102 e. The maximum Gasteiger partial charge on any atom is 0.102 e. The van der Waals surface area contributed by atoms with E-state index in [2.05, 4.69) is 37.4 Å². The molecule has 15 heavy (non-hydrogen) atoms. The number of thiophene rings is 2. The zero-order chi connectivity index (χ0) is 10.8. The molecule has 0 amide bonds. The van der Waals surface area contributed by atoms with Crippen LogP contribution >= 0.6 is 34.3 Å². The van der Waals surface area contributed by atoms with E-state index in [1.807, 2.05) is 0 Å². The van der Waals surface area contributed by atoms with Crippen LogP contribution in [0.4, 0.5) is 0 Å². The molecule has 0 aliphatic heterocycles. The minimum atomic E-state index is 0.0404. The molecule has 1 atom stereocenters. The average Bonchev–Trinajstić information content (AvgIpc) is 2.84. The first-order valence-corrected chi connectivity index (χ1v) is 7.12. The van der Waals surface area contributed by atoms with E-state index < -0.39 is 0 Å². The van der Waals surface area contributed by atoms with E-state index >= 15 is 0 Å². The second kappa shape index (κ2) is 4.69. The zero-order valence-electron chi connectivity index (χ0n) is 8.79. The van der Waals surface area contributed by atoms with Gasteiger partial charge in [0, 0.05) is 14.6 Å². The first kappa shape index (κ1) is 11.2. The highest BCUT2D eigenvalue weighted by Crippen LogP contribution is 2.38. The van der Waals surface area contributed by atoms with Gasteiger partial charge in [-0.05, 0) is 42.5 Å². The van der Waals surface area contributed by atoms with Crippen molar-refractivity contribution in [3.8, 4) is 0 Å². The van der Waals surface area contributed by atoms with Gasteiger partial charge < -0.3 is 0 Å². The standard InChI is InChI=1S/C12H13ClS2/c1-3-9-6-7-14-12(9)11(13)10-5-4-8(2)15-10/h4-7,11H,3H2,1-2H3. The summed E-state index contributed by atoms with van der Waals surface area (Å²) in [5.41, 5.74) is 1.38. The summed E-state index contributed by atoms with van der Waals surface area (Å²) in [4.78, 5) is 3.89. The lowest BCUT2D eigenvalue weighted by Gasteiger charge is -2.07. The van der Waals surface area contributed by atoms with Crippen LogP contribution in [0.25, 0.3) is 0 Å². The maximum absolute atomic E-state index is 6.49. The Hall–Kier alpha value is -0.310. The molecular formula is C12H13ClS2. The SMILES string of the molecule is CCc1ccsc1C(Cl)c1ccc(C)s1. The van der Waals surface area contributed by atoms with Gasteiger partial charge >= 0.3 is 0 Å². The first-order valence-electron chi connectivity index (χ1n) is 4.99. The number of hydrogen-bond donors (Lipinski definition) is 0. The Morgan fingerprint density at radius 2 is 2.13 bits per heavy atom. The summed E-state index contributed by atoms with van der Waals surface area (Å²) in [6.07, 6.45) is 1.06. The fourth-order valence-electron chi connectivity index (χ4n) is 1.58. The average molecular weight is 257 g/mol. The van der Waals surface area contributed by atoms with Crippen LogP contribution in [0.15, 0.2) is 23.6 Å². The summed E-state index contributed by atoms with van der Waals surface area (Å²) in [6.45, 7) is 4.29. The van der Waals surface area contributed by atoms with Gasteiger partial charge in [0.05, 0.1) is 0 Å². The lowest BCUT2D eigenvalue weighted by atomic mass is 10.1. The highest BCUT2D eigenvalue weighted by molar-refractivity contribution is 7.13. The van der Waals surface area contributed by atoms with Crippen molar-refractivity contribution in [3.05, 3.63) is 43.8 Å². The molecule has 0 spiro atoms. The van der Waals surface area contributed by atoms with Crippen LogP contribution in [0, 0.1) is 6.92 Å². The number of alkyl halides is 1. The first-order chi connectivity index (χ1) is 7.22. The van der Waals surface area contributed by atoms with Gasteiger partial charge in [-0.2, -0.15) is 0 Å². The lowest BCUT2D eigenvalue weighted by Crippen LogP contribution is -1.90. The summed E-state index contributed by atoms with van der Waals surface area (Å²) in [7, 11) is 0. The van der Waals surface area contributed by atoms with Crippen molar-refractivity contribution in [2.24, 2.45) is 0 Å². The third kappa shape index (κ3) is 2.27. The molecule has 0 bridgehead atoms. The quantitative estimate of drug-likeness (QED) is 0.678. The summed E-state index contributed by atoms with van der Waals surface area (Å²) in [6, 6.07) is 6.45. The van der Waals surface area contributed by atoms with Crippen molar-refractivity contribution in [1.29, 1.82) is 0 Å². The molecular weight excluding hydrogens is 244 g/mol. The largest absolute Gasteiger partial charge is 0.147 e. The third-order valence-corrected chi connectivity index (χ3v) is 5.20. The Balaban J connectivity index is 2.31. The van der Waals surface area contributed by atoms with Crippen LogP contribution in [0.5, 0.6) is 0 Å². The van der Waals surface area contributed by atoms with Crippen molar-refractivity contribution >= 4 is 34.3 Å². The third-order valence-electron chi connectivity index (χ3n) is 2.40. The van der Waals surface area contributed by atoms with E-state index in [1.54, 1.807) is 22.7 Å². The predicted molar refractivity (Wildman–Crippen MR) is 70.4 cm³/mol. The van der Waals surface area contributed by atoms with Crippen molar-refractivity contribution in [1.82, 2.24) is 0 Å². The number of hydrogen-bond acceptors (Lipinski definition) is 2. The van der Waals surface area contributed by atoms with Crippen LogP contribution in [0.1, 0.15) is 32.5 Å². The van der Waals surface area contributed by atoms with Crippen LogP contribution in [0.2, 0.25) is 0 Å². The lowest BCUT2D eigenvalue weighted by molar-refractivity contribution is 1.09. The molecule has 2 aromatic heterocycles. The van der Waals surface area contributed by atoms with Crippen LogP contribution < -0.4 is 0 Å². The van der Waals surface area contributed by atoms with E-state index in [1.165, 1.54) is 20.2 Å². The molecule has 0 saturated heterocycles. The fraction of sp³-hybridized carbons (Fsp3) is 0.333. The highest BCUT2D eigenvalue weighted by atomic mass is 35.5. The second-order valence-electron chi connectivity index (χ2n) is 3.47. The summed E-state index contributed by atoms with van der Waals surface area (Å²) in [5.74, 6) is 0. The van der Waals surface area contributed by atoms with Crippen LogP contribution in [-0.2, 0) is 6.42 Å². The molecule has 0 fully saturated rings. The molecule has 3 heteroatoms. The predicted octanol–water partition coefficient (Wildman–Crippen LogP) is 5.01. The molecule has 80 valence electrons. The van der Waals surface area contributed by atoms with Gasteiger partial charge in [-0.3, -0.25) is 0 Å². The molecule has 0 nitrogen and oxygen atoms in total. The van der Waals surface area contributed by atoms with Crippen molar-refractivity contribution < 1.29 is 0 Å². The summed E-state index contributed by atoms with van der Waals surface area (Å²) >= 11 is 10.0. The zero-order valence-corrected chi connectivity index (χ0v) is 11.2. The number of halogens is 1. The molecule has 0 aliphatic carbocycles. The van der Waals surface area contributed by atoms with E-state index in [4.69, 9.17) is 11.6 Å². The van der Waals surface area contributed by atoms with E-state index in [0.29, 0.717) is 0 Å². The Bertz CT molecular complexity index is 442. The van der Waals surface area contributed by atoms with E-state index in [0.717, 1.165) is 6.42 Å². The van der Waals surface area contributed by atoms with Gasteiger partial charge in [-0.25, -0.2) is 0 Å². The minimum Gasteiger partial charge on any atom is -0.147 e. The molecule has 2 rings (SSSR count). The van der Waals surface area contributed by atoms with Gasteiger partial charge in [0.2, 0.25) is 0 Å². The number of aryl methyl sites for hydroxylation is 2. The van der Waals surface area contributed by atoms with Gasteiger partial charge in [0.25, 0.3) is 0 Å². The van der Waals surface area contributed by atoms with Crippen LogP contribution in [0.3, 0.4) is 0 Å². The Morgan fingerprint density at radius 3 is 2.73 bits per heavy atom. The molecule has 2 aromatic rings. The van der Waals surface area contributed by atoms with E-state index in [9.17, 15) is 0 Å². The van der Waals surface area contributed by atoms with Crippen LogP contribution in [-0.4, -0.2) is 0 Å². The molecule has 0 aromatic carbocycles. The van der Waals surface area contributed by atoms with Gasteiger partial charge in [0.15, 0.2) is 0 Å². The van der Waals surface area contributed by atoms with Crippen molar-refractivity contribution in [2.45, 2.75) is 25.6 Å².